The fourth-order valence-corrected chi connectivity index (χ4v) is 6.00. The quantitative estimate of drug-likeness (QED) is 0.295. The van der Waals surface area contributed by atoms with Gasteiger partial charge in [-0.05, 0) is 57.0 Å². The van der Waals surface area contributed by atoms with Crippen LogP contribution >= 0.6 is 11.6 Å². The van der Waals surface area contributed by atoms with Crippen molar-refractivity contribution in [1.29, 1.82) is 0 Å². The Morgan fingerprint density at radius 3 is 2.62 bits per heavy atom. The molecule has 0 unspecified atom stereocenters. The number of ether oxygens (including phenoxy) is 1. The number of nitrogens with zero attached hydrogens (tertiary/aromatic N) is 5. The molecule has 3 aromatic heterocycles. The second-order valence-electron chi connectivity index (χ2n) is 10.6. The Bertz CT molecular complexity index is 1910. The third kappa shape index (κ3) is 4.90. The van der Waals surface area contributed by atoms with Crippen LogP contribution in [0.1, 0.15) is 31.6 Å². The summed E-state index contributed by atoms with van der Waals surface area (Å²) in [5, 5.41) is 10.7. The number of halogens is 2. The molecule has 1 aliphatic rings. The highest BCUT2D eigenvalue weighted by Gasteiger charge is 2.28. The number of hydrogen-bond acceptors (Lipinski definition) is 6. The van der Waals surface area contributed by atoms with E-state index in [4.69, 9.17) is 21.3 Å². The number of aliphatic hydroxyl groups is 1. The van der Waals surface area contributed by atoms with Crippen LogP contribution in [0.4, 0.5) is 4.39 Å². The lowest BCUT2D eigenvalue weighted by Gasteiger charge is -2.34. The van der Waals surface area contributed by atoms with Gasteiger partial charge >= 0.3 is 0 Å². The van der Waals surface area contributed by atoms with Gasteiger partial charge in [-0.3, -0.25) is 14.6 Å². The van der Waals surface area contributed by atoms with Crippen molar-refractivity contribution < 1.29 is 19.0 Å². The Balaban J connectivity index is 1.39. The number of amides is 1. The number of hydrogen-bond donors (Lipinski definition) is 1. The predicted octanol–water partition coefficient (Wildman–Crippen LogP) is 5.39. The van der Waals surface area contributed by atoms with E-state index in [-0.39, 0.29) is 28.3 Å². The third-order valence-electron chi connectivity index (χ3n) is 7.83. The van der Waals surface area contributed by atoms with Gasteiger partial charge in [-0.15, -0.1) is 0 Å². The van der Waals surface area contributed by atoms with Gasteiger partial charge in [0, 0.05) is 61.0 Å². The van der Waals surface area contributed by atoms with Gasteiger partial charge in [-0.1, -0.05) is 11.6 Å². The lowest BCUT2D eigenvalue weighted by atomic mass is 10.0. The minimum absolute atomic E-state index is 0.0675. The molecule has 4 heterocycles. The van der Waals surface area contributed by atoms with Gasteiger partial charge in [0.25, 0.3) is 11.5 Å². The molecular formula is C31H29ClFN5O4. The Morgan fingerprint density at radius 1 is 1.14 bits per heavy atom. The molecule has 0 saturated carbocycles. The number of fused-ring (bicyclic) bond motifs is 3. The van der Waals surface area contributed by atoms with Gasteiger partial charge in [-0.25, -0.2) is 9.37 Å². The van der Waals surface area contributed by atoms with E-state index >= 15 is 4.39 Å². The summed E-state index contributed by atoms with van der Waals surface area (Å²) in [5.41, 5.74) is 2.50. The Kier molecular flexibility index (Phi) is 7.20. The molecule has 1 fully saturated rings. The second kappa shape index (κ2) is 10.8. The average Bonchev–Trinajstić information content (AvgIpc) is 3.31. The van der Waals surface area contributed by atoms with Gasteiger partial charge in [0.05, 0.1) is 22.3 Å². The first-order chi connectivity index (χ1) is 20.1. The maximum atomic E-state index is 15.5. The standard InChI is InChI=1S/C31H29ClFN5O4/c1-17(39)30(40)37-11-8-19(9-12-37)38-18(2)35-27-16-34-26-15-25(33)22(14-23(26)29(27)38)21-7-6-20(13-24(21)32)42-28-5-4-10-36(3)31(28)41/h4-7,10,13-17,19,39H,8-9,11-12H2,1-3H3/t17-/m0/s1. The monoisotopic (exact) mass is 589 g/mol. The van der Waals surface area contributed by atoms with E-state index in [1.165, 1.54) is 17.6 Å². The van der Waals surface area contributed by atoms with Crippen LogP contribution in [0.3, 0.4) is 0 Å². The predicted molar refractivity (Wildman–Crippen MR) is 158 cm³/mol. The molecule has 1 saturated heterocycles. The summed E-state index contributed by atoms with van der Waals surface area (Å²) in [6, 6.07) is 11.4. The highest BCUT2D eigenvalue weighted by molar-refractivity contribution is 6.33. The van der Waals surface area contributed by atoms with Gasteiger partial charge in [0.2, 0.25) is 0 Å². The molecule has 0 radical (unpaired) electrons. The maximum Gasteiger partial charge on any atom is 0.293 e. The van der Waals surface area contributed by atoms with Gasteiger partial charge in [-0.2, -0.15) is 0 Å². The van der Waals surface area contributed by atoms with Crippen LogP contribution in [0.15, 0.2) is 59.7 Å². The van der Waals surface area contributed by atoms with Crippen LogP contribution in [-0.4, -0.2) is 54.2 Å². The zero-order valence-corrected chi connectivity index (χ0v) is 24.1. The van der Waals surface area contributed by atoms with E-state index in [2.05, 4.69) is 9.55 Å². The number of piperidine rings is 1. The molecule has 1 aliphatic heterocycles. The maximum absolute atomic E-state index is 15.5. The molecule has 1 amide bonds. The van der Waals surface area contributed by atoms with E-state index in [0.717, 1.165) is 16.7 Å². The minimum Gasteiger partial charge on any atom is -0.452 e. The van der Waals surface area contributed by atoms with Crippen molar-refractivity contribution in [3.8, 4) is 22.6 Å². The molecule has 2 aromatic carbocycles. The molecule has 1 atom stereocenters. The van der Waals surface area contributed by atoms with Crippen LogP contribution in [0.5, 0.6) is 11.5 Å². The van der Waals surface area contributed by atoms with Crippen LogP contribution < -0.4 is 10.3 Å². The van der Waals surface area contributed by atoms with Crippen LogP contribution in [0.25, 0.3) is 33.1 Å². The summed E-state index contributed by atoms with van der Waals surface area (Å²) < 4.78 is 24.9. The van der Waals surface area contributed by atoms with Crippen LogP contribution in [0.2, 0.25) is 5.02 Å². The van der Waals surface area contributed by atoms with E-state index in [1.807, 2.05) is 6.92 Å². The topological polar surface area (TPSA) is 102 Å². The molecule has 42 heavy (non-hydrogen) atoms. The summed E-state index contributed by atoms with van der Waals surface area (Å²) in [6.45, 7) is 4.46. The summed E-state index contributed by atoms with van der Waals surface area (Å²) in [5.74, 6) is 0.562. The molecule has 0 spiro atoms. The molecule has 0 bridgehead atoms. The van der Waals surface area contributed by atoms with E-state index in [9.17, 15) is 14.7 Å². The first kappa shape index (κ1) is 27.9. The van der Waals surface area contributed by atoms with Gasteiger partial charge in [0.1, 0.15) is 29.0 Å². The largest absolute Gasteiger partial charge is 0.452 e. The van der Waals surface area contributed by atoms with Crippen molar-refractivity contribution in [1.82, 2.24) is 24.0 Å². The number of carbonyl (C=O) groups excluding carboxylic acids is 1. The SMILES string of the molecule is Cc1nc2cnc3cc(F)c(-c4ccc(Oc5cccn(C)c5=O)cc4Cl)cc3c2n1C1CCN(C(=O)[C@H](C)O)CC1. The molecule has 0 aliphatic carbocycles. The molecule has 9 nitrogen and oxygen atoms in total. The fraction of sp³-hybridized carbons (Fsp3) is 0.290. The third-order valence-corrected chi connectivity index (χ3v) is 8.14. The first-order valence-electron chi connectivity index (χ1n) is 13.7. The first-order valence-corrected chi connectivity index (χ1v) is 14.1. The van der Waals surface area contributed by atoms with Gasteiger partial charge in [0.15, 0.2) is 5.75 Å². The summed E-state index contributed by atoms with van der Waals surface area (Å²) in [6.07, 6.45) is 3.65. The van der Waals surface area contributed by atoms with Crippen molar-refractivity contribution in [2.45, 2.75) is 38.8 Å². The average molecular weight is 590 g/mol. The molecule has 11 heteroatoms. The van der Waals surface area contributed by atoms with E-state index in [1.54, 1.807) is 60.7 Å². The number of aryl methyl sites for hydroxylation is 2. The smallest absolute Gasteiger partial charge is 0.293 e. The van der Waals surface area contributed by atoms with E-state index in [0.29, 0.717) is 53.8 Å². The van der Waals surface area contributed by atoms with Crippen molar-refractivity contribution in [2.75, 3.05) is 13.1 Å². The number of pyridine rings is 2. The Hall–Kier alpha value is -4.28. The van der Waals surface area contributed by atoms with Gasteiger partial charge < -0.3 is 23.9 Å². The van der Waals surface area contributed by atoms with Crippen molar-refractivity contribution in [3.63, 3.8) is 0 Å². The summed E-state index contributed by atoms with van der Waals surface area (Å²) in [7, 11) is 1.63. The van der Waals surface area contributed by atoms with Crippen molar-refractivity contribution >= 4 is 39.4 Å². The minimum atomic E-state index is -1.03. The lowest BCUT2D eigenvalue weighted by Crippen LogP contribution is -2.43. The Labute approximate surface area is 245 Å². The number of aliphatic hydroxyl groups excluding tert-OH is 1. The van der Waals surface area contributed by atoms with Crippen molar-refractivity contribution in [3.05, 3.63) is 81.9 Å². The number of aromatic nitrogens is 4. The van der Waals surface area contributed by atoms with Crippen LogP contribution in [-0.2, 0) is 11.8 Å². The second-order valence-corrected chi connectivity index (χ2v) is 11.0. The fourth-order valence-electron chi connectivity index (χ4n) is 5.73. The zero-order valence-electron chi connectivity index (χ0n) is 23.3. The van der Waals surface area contributed by atoms with Crippen molar-refractivity contribution in [2.24, 2.45) is 7.05 Å². The zero-order chi connectivity index (χ0) is 29.7. The summed E-state index contributed by atoms with van der Waals surface area (Å²) >= 11 is 6.65. The summed E-state index contributed by atoms with van der Waals surface area (Å²) in [4.78, 5) is 35.6. The molecule has 5 aromatic rings. The van der Waals surface area contributed by atoms with Crippen LogP contribution in [0, 0.1) is 12.7 Å². The van der Waals surface area contributed by atoms with E-state index < -0.39 is 11.9 Å². The number of benzene rings is 2. The molecule has 216 valence electrons. The molecule has 1 N–H and O–H groups in total. The highest BCUT2D eigenvalue weighted by Crippen LogP contribution is 2.38. The number of likely N-dealkylation sites (tertiary alicyclic amines) is 1. The Morgan fingerprint density at radius 2 is 1.90 bits per heavy atom. The molecular weight excluding hydrogens is 561 g/mol. The number of rotatable bonds is 5. The normalized spacial score (nSPS) is 15.0. The lowest BCUT2D eigenvalue weighted by molar-refractivity contribution is -0.140. The molecule has 6 rings (SSSR count). The number of carbonyl (C=O) groups is 1. The highest BCUT2D eigenvalue weighted by atomic mass is 35.5. The number of imidazole rings is 1.